The van der Waals surface area contributed by atoms with E-state index in [1.54, 1.807) is 0 Å². The summed E-state index contributed by atoms with van der Waals surface area (Å²) < 4.78 is 0. The van der Waals surface area contributed by atoms with Gasteiger partial charge in [-0.05, 0) is 24.5 Å². The summed E-state index contributed by atoms with van der Waals surface area (Å²) in [7, 11) is 0. The molecule has 0 radical (unpaired) electrons. The van der Waals surface area contributed by atoms with Gasteiger partial charge in [-0.1, -0.05) is 67.2 Å². The van der Waals surface area contributed by atoms with E-state index in [0.717, 1.165) is 16.4 Å². The Labute approximate surface area is 167 Å². The molecule has 0 aliphatic rings. The van der Waals surface area contributed by atoms with Crippen molar-refractivity contribution in [3.63, 3.8) is 0 Å². The van der Waals surface area contributed by atoms with Gasteiger partial charge in [-0.3, -0.25) is 4.79 Å². The average molecular weight is 392 g/mol. The standard InChI is InChI=1S/C21H21N5OS/c1-13(15-8-4-3-5-9-15)12-22-20(27)14(2)28-21-24-19-18(25-26-21)16-10-6-7-11-17(16)23-19/h3-11,13-14H,12H2,1-2H3,(H,22,27)(H,23,24,26)/t13-,14+/m0/s1. The Morgan fingerprint density at radius 3 is 2.64 bits per heavy atom. The van der Waals surface area contributed by atoms with E-state index in [9.17, 15) is 4.79 Å². The Kier molecular flexibility index (Phi) is 5.25. The van der Waals surface area contributed by atoms with E-state index in [2.05, 4.69) is 44.5 Å². The number of nitrogens with one attached hydrogen (secondary N) is 2. The molecule has 4 rings (SSSR count). The minimum Gasteiger partial charge on any atom is -0.355 e. The van der Waals surface area contributed by atoms with Crippen LogP contribution >= 0.6 is 11.8 Å². The number of H-pyrrole nitrogens is 1. The fraction of sp³-hybridized carbons (Fsp3) is 0.238. The summed E-state index contributed by atoms with van der Waals surface area (Å²) in [4.78, 5) is 20.3. The molecule has 0 aliphatic heterocycles. The smallest absolute Gasteiger partial charge is 0.233 e. The highest BCUT2D eigenvalue weighted by atomic mass is 32.2. The van der Waals surface area contributed by atoms with Gasteiger partial charge in [0.2, 0.25) is 11.1 Å². The predicted molar refractivity (Wildman–Crippen MR) is 112 cm³/mol. The van der Waals surface area contributed by atoms with Crippen LogP contribution in [-0.2, 0) is 4.79 Å². The van der Waals surface area contributed by atoms with E-state index in [1.165, 1.54) is 17.3 Å². The van der Waals surface area contributed by atoms with E-state index >= 15 is 0 Å². The number of benzene rings is 2. The highest BCUT2D eigenvalue weighted by Gasteiger charge is 2.18. The third-order valence-electron chi connectivity index (χ3n) is 4.71. The van der Waals surface area contributed by atoms with Crippen molar-refractivity contribution >= 4 is 39.7 Å². The zero-order chi connectivity index (χ0) is 19.5. The number of rotatable bonds is 6. The Morgan fingerprint density at radius 1 is 1.07 bits per heavy atom. The fourth-order valence-corrected chi connectivity index (χ4v) is 3.80. The van der Waals surface area contributed by atoms with Crippen LogP contribution in [0, 0.1) is 0 Å². The number of hydrogen-bond donors (Lipinski definition) is 2. The van der Waals surface area contributed by atoms with Gasteiger partial charge in [-0.2, -0.15) is 0 Å². The lowest BCUT2D eigenvalue weighted by Crippen LogP contribution is -2.33. The lowest BCUT2D eigenvalue weighted by atomic mass is 10.0. The van der Waals surface area contributed by atoms with Crippen molar-refractivity contribution in [3.05, 3.63) is 60.2 Å². The van der Waals surface area contributed by atoms with E-state index in [0.29, 0.717) is 17.3 Å². The van der Waals surface area contributed by atoms with Crippen LogP contribution in [0.2, 0.25) is 0 Å². The second-order valence-corrected chi connectivity index (χ2v) is 8.09. The SMILES string of the molecule is C[C@@H](Sc1nnc2c(n1)[nH]c1ccccc12)C(=O)NC[C@H](C)c1ccccc1. The van der Waals surface area contributed by atoms with Gasteiger partial charge in [0.25, 0.3) is 0 Å². The molecule has 0 spiro atoms. The van der Waals surface area contributed by atoms with Gasteiger partial charge in [0.05, 0.1) is 5.25 Å². The quantitative estimate of drug-likeness (QED) is 0.487. The number of carbonyl (C=O) groups excluding carboxylic acids is 1. The van der Waals surface area contributed by atoms with Crippen LogP contribution in [0.3, 0.4) is 0 Å². The molecule has 2 N–H and O–H groups in total. The first kappa shape index (κ1) is 18.4. The number of thioether (sulfide) groups is 1. The largest absolute Gasteiger partial charge is 0.355 e. The molecular weight excluding hydrogens is 370 g/mol. The van der Waals surface area contributed by atoms with Gasteiger partial charge in [0, 0.05) is 17.4 Å². The number of carbonyl (C=O) groups is 1. The van der Waals surface area contributed by atoms with Gasteiger partial charge >= 0.3 is 0 Å². The molecule has 0 aliphatic carbocycles. The van der Waals surface area contributed by atoms with Gasteiger partial charge < -0.3 is 10.3 Å². The molecule has 4 aromatic rings. The van der Waals surface area contributed by atoms with E-state index in [-0.39, 0.29) is 17.1 Å². The van der Waals surface area contributed by atoms with Crippen LogP contribution in [0.15, 0.2) is 59.8 Å². The first-order valence-corrected chi connectivity index (χ1v) is 10.1. The summed E-state index contributed by atoms with van der Waals surface area (Å²) in [6.45, 7) is 4.55. The summed E-state index contributed by atoms with van der Waals surface area (Å²) in [5, 5.41) is 12.7. The number of fused-ring (bicyclic) bond motifs is 3. The minimum absolute atomic E-state index is 0.0341. The topological polar surface area (TPSA) is 83.6 Å². The first-order chi connectivity index (χ1) is 13.6. The number of aromatic amines is 1. The molecule has 7 heteroatoms. The summed E-state index contributed by atoms with van der Waals surface area (Å²) in [5.41, 5.74) is 3.61. The third kappa shape index (κ3) is 3.84. The Balaban J connectivity index is 1.40. The molecule has 2 aromatic carbocycles. The Morgan fingerprint density at radius 2 is 1.82 bits per heavy atom. The maximum absolute atomic E-state index is 12.5. The van der Waals surface area contributed by atoms with Gasteiger partial charge in [-0.15, -0.1) is 10.2 Å². The molecule has 0 fully saturated rings. The molecular formula is C21H21N5OS. The monoisotopic (exact) mass is 391 g/mol. The maximum atomic E-state index is 12.5. The molecule has 0 saturated heterocycles. The van der Waals surface area contributed by atoms with Crippen molar-refractivity contribution in [1.82, 2.24) is 25.5 Å². The molecule has 1 amide bonds. The van der Waals surface area contributed by atoms with Gasteiger partial charge in [-0.25, -0.2) is 4.98 Å². The molecule has 2 heterocycles. The molecule has 0 saturated carbocycles. The average Bonchev–Trinajstić information content (AvgIpc) is 3.10. The van der Waals surface area contributed by atoms with Crippen LogP contribution in [0.4, 0.5) is 0 Å². The second-order valence-electron chi connectivity index (χ2n) is 6.78. The van der Waals surface area contributed by atoms with E-state index < -0.39 is 0 Å². The molecule has 2 atom stereocenters. The zero-order valence-corrected chi connectivity index (χ0v) is 16.5. The third-order valence-corrected chi connectivity index (χ3v) is 5.66. The van der Waals surface area contributed by atoms with Crippen LogP contribution in [0.5, 0.6) is 0 Å². The number of aromatic nitrogens is 4. The normalized spacial score (nSPS) is 13.5. The molecule has 2 aromatic heterocycles. The highest BCUT2D eigenvalue weighted by molar-refractivity contribution is 8.00. The summed E-state index contributed by atoms with van der Waals surface area (Å²) in [5.74, 6) is 0.219. The summed E-state index contributed by atoms with van der Waals surface area (Å²) >= 11 is 1.31. The fourth-order valence-electron chi connectivity index (χ4n) is 3.06. The van der Waals surface area contributed by atoms with Crippen LogP contribution in [0.1, 0.15) is 25.3 Å². The van der Waals surface area contributed by atoms with Crippen LogP contribution < -0.4 is 5.32 Å². The first-order valence-electron chi connectivity index (χ1n) is 9.22. The molecule has 28 heavy (non-hydrogen) atoms. The van der Waals surface area contributed by atoms with Crippen molar-refractivity contribution in [3.8, 4) is 0 Å². The van der Waals surface area contributed by atoms with Crippen molar-refractivity contribution in [1.29, 1.82) is 0 Å². The number of hydrogen-bond acceptors (Lipinski definition) is 5. The summed E-state index contributed by atoms with van der Waals surface area (Å²) in [6, 6.07) is 18.1. The molecule has 6 nitrogen and oxygen atoms in total. The predicted octanol–water partition coefficient (Wildman–Crippen LogP) is 3.91. The molecule has 142 valence electrons. The van der Waals surface area contributed by atoms with Crippen molar-refractivity contribution < 1.29 is 4.79 Å². The Hall–Kier alpha value is -2.93. The van der Waals surface area contributed by atoms with Crippen LogP contribution in [-0.4, -0.2) is 37.9 Å². The number of amides is 1. The second kappa shape index (κ2) is 7.98. The number of nitrogens with zero attached hydrogens (tertiary/aromatic N) is 3. The van der Waals surface area contributed by atoms with Crippen molar-refractivity contribution in [2.75, 3.05) is 6.54 Å². The molecule has 0 unspecified atom stereocenters. The lowest BCUT2D eigenvalue weighted by Gasteiger charge is -2.15. The highest BCUT2D eigenvalue weighted by Crippen LogP contribution is 2.25. The van der Waals surface area contributed by atoms with Gasteiger partial charge in [0.1, 0.15) is 5.52 Å². The lowest BCUT2D eigenvalue weighted by molar-refractivity contribution is -0.120. The number of para-hydroxylation sites is 1. The molecule has 0 bridgehead atoms. The van der Waals surface area contributed by atoms with E-state index in [1.807, 2.05) is 49.4 Å². The van der Waals surface area contributed by atoms with E-state index in [4.69, 9.17) is 0 Å². The zero-order valence-electron chi connectivity index (χ0n) is 15.7. The van der Waals surface area contributed by atoms with Crippen molar-refractivity contribution in [2.24, 2.45) is 0 Å². The van der Waals surface area contributed by atoms with Crippen molar-refractivity contribution in [2.45, 2.75) is 30.2 Å². The Bertz CT molecular complexity index is 1110. The summed E-state index contributed by atoms with van der Waals surface area (Å²) in [6.07, 6.45) is 0. The maximum Gasteiger partial charge on any atom is 0.233 e. The van der Waals surface area contributed by atoms with Gasteiger partial charge in [0.15, 0.2) is 5.65 Å². The minimum atomic E-state index is -0.313. The van der Waals surface area contributed by atoms with Crippen LogP contribution in [0.25, 0.3) is 22.1 Å².